The highest BCUT2D eigenvalue weighted by molar-refractivity contribution is 5.92. The molecule has 2 amide bonds. The van der Waals surface area contributed by atoms with Gasteiger partial charge in [-0.15, -0.1) is 0 Å². The fourth-order valence-electron chi connectivity index (χ4n) is 3.09. The Balaban J connectivity index is 2.85. The van der Waals surface area contributed by atoms with Crippen LogP contribution in [0, 0.1) is 16.0 Å². The third-order valence-electron chi connectivity index (χ3n) is 4.83. The van der Waals surface area contributed by atoms with Gasteiger partial charge in [0.15, 0.2) is 5.03 Å². The molecule has 1 aromatic rings. The highest BCUT2D eigenvalue weighted by Gasteiger charge is 2.28. The lowest BCUT2D eigenvalue weighted by Crippen LogP contribution is -2.55. The van der Waals surface area contributed by atoms with E-state index in [0.717, 1.165) is 0 Å². The summed E-state index contributed by atoms with van der Waals surface area (Å²) in [6.07, 6.45) is 0.681. The number of phenolic OH excluding ortho intramolecular Hbond substituents is 1. The maximum Gasteiger partial charge on any atom is 0.326 e. The van der Waals surface area contributed by atoms with E-state index in [1.165, 1.54) is 12.1 Å². The predicted octanol–water partition coefficient (Wildman–Crippen LogP) is -0.761. The zero-order chi connectivity index (χ0) is 26.5. The molecule has 0 heterocycles. The molecule has 0 aliphatic carbocycles. The van der Waals surface area contributed by atoms with Crippen LogP contribution in [0.15, 0.2) is 29.3 Å². The lowest BCUT2D eigenvalue weighted by molar-refractivity contribution is -0.525. The molecule has 35 heavy (non-hydrogen) atoms. The fourth-order valence-corrected chi connectivity index (χ4v) is 3.09. The number of aliphatic carboxylic acids is 1. The molecule has 0 aliphatic rings. The van der Waals surface area contributed by atoms with Crippen LogP contribution in [-0.2, 0) is 20.8 Å². The van der Waals surface area contributed by atoms with Crippen LogP contribution in [0.5, 0.6) is 5.75 Å². The molecule has 0 fully saturated rings. The molecule has 1 rings (SSSR count). The van der Waals surface area contributed by atoms with Crippen molar-refractivity contribution in [2.45, 2.75) is 57.7 Å². The van der Waals surface area contributed by atoms with Crippen molar-refractivity contribution in [3.63, 3.8) is 0 Å². The summed E-state index contributed by atoms with van der Waals surface area (Å²) >= 11 is 0. The van der Waals surface area contributed by atoms with Gasteiger partial charge in [-0.1, -0.05) is 31.4 Å². The molecular weight excluding hydrogens is 462 g/mol. The number of guanidine groups is 1. The summed E-state index contributed by atoms with van der Waals surface area (Å²) in [5.41, 5.74) is 13.5. The van der Waals surface area contributed by atoms with E-state index in [1.807, 2.05) is 13.8 Å². The number of hydrazine groups is 1. The van der Waals surface area contributed by atoms with Crippen molar-refractivity contribution in [2.75, 3.05) is 6.54 Å². The van der Waals surface area contributed by atoms with Crippen LogP contribution in [0.4, 0.5) is 0 Å². The highest BCUT2D eigenvalue weighted by Crippen LogP contribution is 2.12. The Labute approximate surface area is 202 Å². The highest BCUT2D eigenvalue weighted by atomic mass is 16.7. The second-order valence-electron chi connectivity index (χ2n) is 8.35. The molecule has 14 heteroatoms. The van der Waals surface area contributed by atoms with Crippen molar-refractivity contribution in [3.8, 4) is 5.75 Å². The number of aliphatic imine (C=N–C) groups is 1. The number of nitro groups is 1. The van der Waals surface area contributed by atoms with E-state index in [-0.39, 0.29) is 43.4 Å². The second-order valence-corrected chi connectivity index (χ2v) is 8.35. The summed E-state index contributed by atoms with van der Waals surface area (Å²) < 4.78 is 0. The number of carbonyl (C=O) groups excluding carboxylic acids is 2. The molecule has 0 spiro atoms. The van der Waals surface area contributed by atoms with Gasteiger partial charge in [0, 0.05) is 13.0 Å². The van der Waals surface area contributed by atoms with Crippen LogP contribution in [-0.4, -0.2) is 63.7 Å². The standard InChI is InChI=1S/C21H33N7O7/c1-12(2)10-17(20(32)33)26-19(31)16(11-13-5-7-14(29)8-6-13)25-18(30)15(22)4-3-9-24-21(23)27-28(34)35/h5-8,12,15-17,29H,3-4,9-11,22H2,1-2H3,(H,25,30)(H,26,31)(H,32,33)(H3,23,24,27)/t15-,16-,17-/m1/s1. The molecule has 0 radical (unpaired) electrons. The van der Waals surface area contributed by atoms with Crippen LogP contribution in [0.2, 0.25) is 0 Å². The molecule has 3 atom stereocenters. The van der Waals surface area contributed by atoms with Crippen molar-refractivity contribution < 1.29 is 29.6 Å². The SMILES string of the molecule is CC(C)C[C@@H](NC(=O)[C@@H](Cc1ccc(O)cc1)NC(=O)[C@H](N)CCCN=C(N)N[N+](=O)[O-])C(=O)O. The average molecular weight is 496 g/mol. The first-order valence-electron chi connectivity index (χ1n) is 11.0. The average Bonchev–Trinajstić information content (AvgIpc) is 2.76. The van der Waals surface area contributed by atoms with E-state index in [0.29, 0.717) is 12.0 Å². The Morgan fingerprint density at radius 3 is 2.26 bits per heavy atom. The predicted molar refractivity (Wildman–Crippen MR) is 127 cm³/mol. The molecule has 0 aliphatic heterocycles. The van der Waals surface area contributed by atoms with Crippen molar-refractivity contribution >= 4 is 23.7 Å². The lowest BCUT2D eigenvalue weighted by atomic mass is 10.0. The van der Waals surface area contributed by atoms with Crippen LogP contribution in [0.25, 0.3) is 0 Å². The van der Waals surface area contributed by atoms with Crippen LogP contribution in [0.1, 0.15) is 38.7 Å². The minimum absolute atomic E-state index is 0.00668. The van der Waals surface area contributed by atoms with Gasteiger partial charge in [0.25, 0.3) is 5.96 Å². The zero-order valence-corrected chi connectivity index (χ0v) is 19.6. The Morgan fingerprint density at radius 2 is 1.71 bits per heavy atom. The van der Waals surface area contributed by atoms with Gasteiger partial charge >= 0.3 is 5.97 Å². The minimum atomic E-state index is -1.19. The number of rotatable bonds is 14. The third kappa shape index (κ3) is 11.7. The van der Waals surface area contributed by atoms with E-state index in [2.05, 4.69) is 15.6 Å². The summed E-state index contributed by atoms with van der Waals surface area (Å²) in [6.45, 7) is 3.73. The van der Waals surface area contributed by atoms with Gasteiger partial charge in [0.1, 0.15) is 17.8 Å². The number of nitrogens with two attached hydrogens (primary N) is 2. The molecule has 194 valence electrons. The number of amides is 2. The quantitative estimate of drug-likeness (QED) is 0.0559. The van der Waals surface area contributed by atoms with Gasteiger partial charge in [-0.25, -0.2) is 19.9 Å². The van der Waals surface area contributed by atoms with Crippen molar-refractivity contribution in [3.05, 3.63) is 39.9 Å². The number of carboxylic acid groups (broad SMARTS) is 1. The fraction of sp³-hybridized carbons (Fsp3) is 0.524. The van der Waals surface area contributed by atoms with Crippen LogP contribution < -0.4 is 27.5 Å². The van der Waals surface area contributed by atoms with Gasteiger partial charge in [0.05, 0.1) is 6.04 Å². The number of carboxylic acids is 1. The summed E-state index contributed by atoms with van der Waals surface area (Å²) in [5, 5.41) is 33.4. The van der Waals surface area contributed by atoms with Gasteiger partial charge in [-0.05, 0) is 42.9 Å². The molecule has 0 saturated carbocycles. The first-order valence-corrected chi connectivity index (χ1v) is 11.0. The van der Waals surface area contributed by atoms with Crippen LogP contribution >= 0.6 is 0 Å². The Kier molecular flexibility index (Phi) is 11.9. The largest absolute Gasteiger partial charge is 0.508 e. The van der Waals surface area contributed by atoms with E-state index in [4.69, 9.17) is 11.5 Å². The number of nitrogens with one attached hydrogen (secondary N) is 3. The van der Waals surface area contributed by atoms with Crippen molar-refractivity contribution in [2.24, 2.45) is 22.4 Å². The summed E-state index contributed by atoms with van der Waals surface area (Å²) in [4.78, 5) is 51.1. The first-order chi connectivity index (χ1) is 16.4. The Bertz CT molecular complexity index is 906. The molecule has 1 aromatic carbocycles. The maximum absolute atomic E-state index is 12.9. The van der Waals surface area contributed by atoms with Gasteiger partial charge in [0.2, 0.25) is 11.8 Å². The molecular formula is C21H33N7O7. The van der Waals surface area contributed by atoms with Gasteiger partial charge < -0.3 is 32.3 Å². The van der Waals surface area contributed by atoms with Gasteiger partial charge in [-0.3, -0.25) is 9.59 Å². The number of carbonyl (C=O) groups is 3. The van der Waals surface area contributed by atoms with Crippen molar-refractivity contribution in [1.82, 2.24) is 16.1 Å². The molecule has 0 bridgehead atoms. The number of phenols is 1. The smallest absolute Gasteiger partial charge is 0.326 e. The molecule has 0 unspecified atom stereocenters. The van der Waals surface area contributed by atoms with Crippen molar-refractivity contribution in [1.29, 1.82) is 0 Å². The minimum Gasteiger partial charge on any atom is -0.508 e. The second kappa shape index (κ2) is 14.3. The number of benzene rings is 1. The Hall–Kier alpha value is -3.94. The number of aromatic hydroxyl groups is 1. The maximum atomic E-state index is 12.9. The van der Waals surface area contributed by atoms with E-state index in [1.54, 1.807) is 17.6 Å². The lowest BCUT2D eigenvalue weighted by Gasteiger charge is -2.23. The van der Waals surface area contributed by atoms with Gasteiger partial charge in [-0.2, -0.15) is 0 Å². The summed E-state index contributed by atoms with van der Waals surface area (Å²) in [6, 6.07) is 2.73. The van der Waals surface area contributed by atoms with Crippen LogP contribution in [0.3, 0.4) is 0 Å². The summed E-state index contributed by atoms with van der Waals surface area (Å²) in [7, 11) is 0. The van der Waals surface area contributed by atoms with E-state index >= 15 is 0 Å². The molecule has 0 aromatic heterocycles. The third-order valence-corrected chi connectivity index (χ3v) is 4.83. The summed E-state index contributed by atoms with van der Waals surface area (Å²) in [5.74, 6) is -2.86. The Morgan fingerprint density at radius 1 is 1.11 bits per heavy atom. The zero-order valence-electron chi connectivity index (χ0n) is 19.6. The first kappa shape index (κ1) is 29.1. The normalized spacial score (nSPS) is 14.0. The van der Waals surface area contributed by atoms with E-state index in [9.17, 15) is 34.7 Å². The number of hydrogen-bond acceptors (Lipinski definition) is 8. The van der Waals surface area contributed by atoms with E-state index < -0.39 is 40.9 Å². The topological polar surface area (TPSA) is 235 Å². The molecule has 0 saturated heterocycles. The molecule has 14 nitrogen and oxygen atoms in total. The molecule has 9 N–H and O–H groups in total. The monoisotopic (exact) mass is 495 g/mol. The number of nitrogens with zero attached hydrogens (tertiary/aromatic N) is 2. The number of hydrogen-bond donors (Lipinski definition) is 7.